The molecule has 1 saturated carbocycles. The second-order valence-corrected chi connectivity index (χ2v) is 12.7. The van der Waals surface area contributed by atoms with Crippen LogP contribution in [0.15, 0.2) is 30.6 Å². The zero-order chi connectivity index (χ0) is 30.2. The number of anilines is 2. The normalized spacial score (nSPS) is 21.1. The van der Waals surface area contributed by atoms with Gasteiger partial charge in [-0.05, 0) is 52.4 Å². The van der Waals surface area contributed by atoms with Gasteiger partial charge in [0.2, 0.25) is 6.54 Å². The summed E-state index contributed by atoms with van der Waals surface area (Å²) in [6, 6.07) is 5.32. The summed E-state index contributed by atoms with van der Waals surface area (Å²) < 4.78 is 20.1. The maximum absolute atomic E-state index is 13.8. The fourth-order valence-corrected chi connectivity index (χ4v) is 6.71. The highest BCUT2D eigenvalue weighted by molar-refractivity contribution is 6.39. The molecule has 9 nitrogen and oxygen atoms in total. The molecule has 2 aromatic rings. The van der Waals surface area contributed by atoms with Crippen LogP contribution in [0.2, 0.25) is 10.0 Å². The number of benzene rings is 1. The molecule has 0 spiro atoms. The van der Waals surface area contributed by atoms with Gasteiger partial charge in [-0.1, -0.05) is 35.8 Å². The van der Waals surface area contributed by atoms with Crippen molar-refractivity contribution in [1.82, 2.24) is 19.8 Å². The highest BCUT2D eigenvalue weighted by Gasteiger charge is 2.44. The Morgan fingerprint density at radius 1 is 1.26 bits per heavy atom. The molecule has 3 aliphatic rings. The summed E-state index contributed by atoms with van der Waals surface area (Å²) in [5, 5.41) is 1.14. The number of hydrogen-bond acceptors (Lipinski definition) is 7. The number of fused-ring (bicyclic) bond motifs is 1. The molecule has 224 valence electrons. The Balaban J connectivity index is 1.49. The number of nitrogens with zero attached hydrogens (tertiary/aromatic N) is 7. The quantitative estimate of drug-likeness (QED) is 0.294. The smallest absolute Gasteiger partial charge is 0.318 e. The lowest BCUT2D eigenvalue weighted by Crippen LogP contribution is -2.57. The molecule has 42 heavy (non-hydrogen) atoms. The van der Waals surface area contributed by atoms with E-state index in [1.54, 1.807) is 0 Å². The zero-order valence-corrected chi connectivity index (χ0v) is 25.8. The first-order valence-electron chi connectivity index (χ1n) is 14.1. The molecule has 5 rings (SSSR count). The predicted molar refractivity (Wildman–Crippen MR) is 163 cm³/mol. The first-order chi connectivity index (χ1) is 20.0. The number of carbonyl (C=O) groups is 1. The van der Waals surface area contributed by atoms with E-state index in [9.17, 15) is 9.18 Å². The second-order valence-electron chi connectivity index (χ2n) is 11.9. The van der Waals surface area contributed by atoms with Gasteiger partial charge in [-0.15, -0.1) is 0 Å². The number of amides is 1. The van der Waals surface area contributed by atoms with Gasteiger partial charge >= 0.3 is 6.01 Å². The van der Waals surface area contributed by atoms with Gasteiger partial charge in [-0.2, -0.15) is 9.97 Å². The van der Waals surface area contributed by atoms with E-state index in [0.29, 0.717) is 48.7 Å². The Bertz CT molecular complexity index is 1390. The maximum atomic E-state index is 13.8. The average molecular weight is 617 g/mol. The van der Waals surface area contributed by atoms with Crippen molar-refractivity contribution in [3.05, 3.63) is 63.3 Å². The molecule has 2 aliphatic heterocycles. The summed E-state index contributed by atoms with van der Waals surface area (Å²) in [5.74, 6) is -1.06. The summed E-state index contributed by atoms with van der Waals surface area (Å²) in [5.41, 5.74) is 2.66. The fraction of sp³-hybridized carbons (Fsp3) is 0.533. The SMILES string of the molecule is [C-]#[N+]C[C@H]1CN(c2nc(OCC3(CN(C)C)CC3)nc3c2CC(C)N(c2c(Cl)cccc2Cl)C3)CCN1C(=O)C(=C)F. The van der Waals surface area contributed by atoms with E-state index >= 15 is 0 Å². The van der Waals surface area contributed by atoms with Crippen molar-refractivity contribution in [2.24, 2.45) is 5.41 Å². The van der Waals surface area contributed by atoms with E-state index in [-0.39, 0.29) is 24.5 Å². The third kappa shape index (κ3) is 6.29. The predicted octanol–water partition coefficient (Wildman–Crippen LogP) is 4.87. The van der Waals surface area contributed by atoms with Gasteiger partial charge < -0.3 is 29.2 Å². The standard InChI is InChI=1S/C30H36Cl2FN7O2/c1-19-13-22-25(16-40(19)26-23(31)7-6-8-24(26)32)35-29(42-18-30(9-10-30)17-37(4)5)36-27(22)38-11-12-39(28(41)20(2)33)21(15-38)14-34-3/h6-8,19,21H,2,9-18H2,1,4-5H3/t19?,21-/m0/s1. The van der Waals surface area contributed by atoms with Gasteiger partial charge in [-0.25, -0.2) is 11.0 Å². The van der Waals surface area contributed by atoms with Crippen molar-refractivity contribution in [3.63, 3.8) is 0 Å². The van der Waals surface area contributed by atoms with Crippen molar-refractivity contribution >= 4 is 40.6 Å². The van der Waals surface area contributed by atoms with Crippen LogP contribution in [0.4, 0.5) is 15.9 Å². The van der Waals surface area contributed by atoms with Crippen LogP contribution in [0.3, 0.4) is 0 Å². The van der Waals surface area contributed by atoms with E-state index in [1.165, 1.54) is 4.90 Å². The van der Waals surface area contributed by atoms with Gasteiger partial charge in [-0.3, -0.25) is 4.79 Å². The van der Waals surface area contributed by atoms with Crippen LogP contribution in [-0.4, -0.2) is 91.2 Å². The molecule has 3 heterocycles. The van der Waals surface area contributed by atoms with Crippen molar-refractivity contribution in [3.8, 4) is 6.01 Å². The Labute approximate surface area is 256 Å². The molecule has 1 unspecified atom stereocenters. The Morgan fingerprint density at radius 2 is 1.98 bits per heavy atom. The van der Waals surface area contributed by atoms with E-state index < -0.39 is 17.8 Å². The summed E-state index contributed by atoms with van der Waals surface area (Å²) in [6.45, 7) is 15.7. The van der Waals surface area contributed by atoms with Gasteiger partial charge in [0.05, 0.1) is 34.6 Å². The molecule has 0 N–H and O–H groups in total. The minimum atomic E-state index is -1.02. The van der Waals surface area contributed by atoms with Crippen molar-refractivity contribution in [2.45, 2.75) is 44.8 Å². The molecule has 1 saturated heterocycles. The van der Waals surface area contributed by atoms with Crippen LogP contribution in [0.25, 0.3) is 4.85 Å². The van der Waals surface area contributed by atoms with E-state index in [2.05, 4.69) is 47.1 Å². The maximum Gasteiger partial charge on any atom is 0.318 e. The molecule has 0 radical (unpaired) electrons. The van der Waals surface area contributed by atoms with Crippen LogP contribution < -0.4 is 14.5 Å². The number of carbonyl (C=O) groups excluding carboxylic acids is 1. The van der Waals surface area contributed by atoms with Gasteiger partial charge in [0.15, 0.2) is 5.83 Å². The monoisotopic (exact) mass is 615 g/mol. The number of ether oxygens (including phenoxy) is 1. The highest BCUT2D eigenvalue weighted by atomic mass is 35.5. The Morgan fingerprint density at radius 3 is 2.60 bits per heavy atom. The Hall–Kier alpha value is -3.13. The van der Waals surface area contributed by atoms with Gasteiger partial charge in [0, 0.05) is 43.2 Å². The topological polar surface area (TPSA) is 69.4 Å². The van der Waals surface area contributed by atoms with Gasteiger partial charge in [0.25, 0.3) is 5.91 Å². The first kappa shape index (κ1) is 30.3. The lowest BCUT2D eigenvalue weighted by atomic mass is 9.97. The number of piperazine rings is 1. The summed E-state index contributed by atoms with van der Waals surface area (Å²) in [4.78, 5) is 33.7. The second kappa shape index (κ2) is 12.2. The summed E-state index contributed by atoms with van der Waals surface area (Å²) in [6.07, 6.45) is 2.81. The molecular formula is C30H36Cl2FN7O2. The minimum absolute atomic E-state index is 0.0376. The molecule has 1 aliphatic carbocycles. The van der Waals surface area contributed by atoms with E-state index in [0.717, 1.165) is 42.1 Å². The Kier molecular flexibility index (Phi) is 8.83. The van der Waals surface area contributed by atoms with Crippen molar-refractivity contribution in [1.29, 1.82) is 0 Å². The largest absolute Gasteiger partial charge is 0.463 e. The van der Waals surface area contributed by atoms with E-state index in [1.807, 2.05) is 18.2 Å². The zero-order valence-electron chi connectivity index (χ0n) is 24.2. The van der Waals surface area contributed by atoms with Gasteiger partial charge in [0.1, 0.15) is 11.9 Å². The molecule has 1 aromatic carbocycles. The number of rotatable bonds is 9. The molecule has 1 amide bonds. The van der Waals surface area contributed by atoms with Crippen LogP contribution in [0, 0.1) is 12.0 Å². The molecule has 2 atom stereocenters. The molecule has 2 fully saturated rings. The van der Waals surface area contributed by atoms with Crippen LogP contribution >= 0.6 is 23.2 Å². The summed E-state index contributed by atoms with van der Waals surface area (Å²) in [7, 11) is 4.12. The lowest BCUT2D eigenvalue weighted by Gasteiger charge is -2.42. The molecule has 1 aromatic heterocycles. The molecule has 0 bridgehead atoms. The highest BCUT2D eigenvalue weighted by Crippen LogP contribution is 2.46. The van der Waals surface area contributed by atoms with Crippen LogP contribution in [0.5, 0.6) is 6.01 Å². The molecular weight excluding hydrogens is 580 g/mol. The number of hydrogen-bond donors (Lipinski definition) is 0. The lowest BCUT2D eigenvalue weighted by molar-refractivity contribution is -0.131. The van der Waals surface area contributed by atoms with Crippen LogP contribution in [0.1, 0.15) is 31.0 Å². The summed E-state index contributed by atoms with van der Waals surface area (Å²) >= 11 is 13.2. The third-order valence-corrected chi connectivity index (χ3v) is 8.93. The number of halogens is 3. The number of aromatic nitrogens is 2. The minimum Gasteiger partial charge on any atom is -0.463 e. The number of para-hydroxylation sites is 1. The van der Waals surface area contributed by atoms with Crippen molar-refractivity contribution < 1.29 is 13.9 Å². The average Bonchev–Trinajstić information content (AvgIpc) is 3.70. The van der Waals surface area contributed by atoms with Crippen molar-refractivity contribution in [2.75, 3.05) is 63.2 Å². The first-order valence-corrected chi connectivity index (χ1v) is 14.9. The molecule has 12 heteroatoms. The van der Waals surface area contributed by atoms with Crippen LogP contribution in [-0.2, 0) is 17.8 Å². The van der Waals surface area contributed by atoms with E-state index in [4.69, 9.17) is 44.5 Å². The fourth-order valence-electron chi connectivity index (χ4n) is 6.09. The third-order valence-electron chi connectivity index (χ3n) is 8.32.